The highest BCUT2D eigenvalue weighted by Crippen LogP contribution is 2.32. The van der Waals surface area contributed by atoms with Crippen LogP contribution in [0.5, 0.6) is 0 Å². The van der Waals surface area contributed by atoms with Gasteiger partial charge in [0.25, 0.3) is 0 Å². The fourth-order valence-corrected chi connectivity index (χ4v) is 3.83. The Bertz CT molecular complexity index is 1160. The number of hydrogen-bond donors (Lipinski definition) is 3. The lowest BCUT2D eigenvalue weighted by molar-refractivity contribution is -0.118. The zero-order chi connectivity index (χ0) is 21.8. The van der Waals surface area contributed by atoms with Crippen LogP contribution in [-0.2, 0) is 4.79 Å². The fourth-order valence-electron chi connectivity index (χ4n) is 2.86. The predicted octanol–water partition coefficient (Wildman–Crippen LogP) is 2.94. The number of nitriles is 1. The van der Waals surface area contributed by atoms with Crippen LogP contribution in [0.4, 0.5) is 16.2 Å². The zero-order valence-electron chi connectivity index (χ0n) is 16.7. The quantitative estimate of drug-likeness (QED) is 0.514. The molecule has 4 N–H and O–H groups in total. The number of nitrogen functional groups attached to an aromatic ring is 1. The van der Waals surface area contributed by atoms with Crippen molar-refractivity contribution in [1.29, 1.82) is 5.26 Å². The van der Waals surface area contributed by atoms with E-state index < -0.39 is 0 Å². The number of carbonyl (C=O) groups excluding carboxylic acids is 1. The first-order valence-corrected chi connectivity index (χ1v) is 10.0. The maximum atomic E-state index is 14.0. The molecule has 0 fully saturated rings. The molecule has 0 spiro atoms. The average Bonchev–Trinajstić information content (AvgIpc) is 2.74. The van der Waals surface area contributed by atoms with Gasteiger partial charge in [-0.25, -0.2) is 14.4 Å². The van der Waals surface area contributed by atoms with Crippen molar-refractivity contribution in [3.63, 3.8) is 0 Å². The third-order valence-corrected chi connectivity index (χ3v) is 5.54. The largest absolute Gasteiger partial charge is 0.368 e. The van der Waals surface area contributed by atoms with Crippen molar-refractivity contribution >= 4 is 40.3 Å². The summed E-state index contributed by atoms with van der Waals surface area (Å²) in [7, 11) is 1.56. The van der Waals surface area contributed by atoms with Crippen LogP contribution in [-0.4, -0.2) is 33.7 Å². The molecule has 0 aliphatic heterocycles. The van der Waals surface area contributed by atoms with Crippen LogP contribution in [0.25, 0.3) is 10.9 Å². The van der Waals surface area contributed by atoms with E-state index in [0.29, 0.717) is 21.9 Å². The SMILES string of the molecule is CNC(=O)CSc1nc2c(C)c(F)ccc2cc1[C@H](C)Nc1nc(N)ncc1C#N. The Hall–Kier alpha value is -3.45. The summed E-state index contributed by atoms with van der Waals surface area (Å²) >= 11 is 1.25. The van der Waals surface area contributed by atoms with E-state index in [9.17, 15) is 14.4 Å². The van der Waals surface area contributed by atoms with E-state index in [2.05, 4.69) is 25.6 Å². The first-order chi connectivity index (χ1) is 14.3. The Kier molecular flexibility index (Phi) is 6.32. The molecule has 1 aromatic carbocycles. The number of fused-ring (bicyclic) bond motifs is 1. The molecule has 3 aromatic rings. The minimum Gasteiger partial charge on any atom is -0.368 e. The van der Waals surface area contributed by atoms with E-state index in [1.54, 1.807) is 20.0 Å². The van der Waals surface area contributed by atoms with Crippen LogP contribution in [0.15, 0.2) is 29.4 Å². The number of aromatic nitrogens is 3. The number of benzene rings is 1. The topological polar surface area (TPSA) is 130 Å². The van der Waals surface area contributed by atoms with Crippen LogP contribution in [0, 0.1) is 24.1 Å². The summed E-state index contributed by atoms with van der Waals surface area (Å²) in [6.07, 6.45) is 1.35. The molecule has 0 unspecified atom stereocenters. The lowest BCUT2D eigenvalue weighted by atomic mass is 10.0. The van der Waals surface area contributed by atoms with Crippen LogP contribution in [0.2, 0.25) is 0 Å². The number of rotatable bonds is 6. The fraction of sp³-hybridized carbons (Fsp3) is 0.250. The highest BCUT2D eigenvalue weighted by molar-refractivity contribution is 7.99. The molecule has 8 nitrogen and oxygen atoms in total. The number of carbonyl (C=O) groups is 1. The minimum atomic E-state index is -0.341. The second-order valence-corrected chi connectivity index (χ2v) is 7.52. The highest BCUT2D eigenvalue weighted by atomic mass is 32.2. The molecule has 1 atom stereocenters. The number of nitrogens with one attached hydrogen (secondary N) is 2. The van der Waals surface area contributed by atoms with Gasteiger partial charge in [-0.15, -0.1) is 0 Å². The van der Waals surface area contributed by atoms with E-state index in [0.717, 1.165) is 10.9 Å². The Balaban J connectivity index is 2.06. The third-order valence-electron chi connectivity index (χ3n) is 4.53. The molecule has 0 aliphatic carbocycles. The highest BCUT2D eigenvalue weighted by Gasteiger charge is 2.19. The van der Waals surface area contributed by atoms with E-state index in [4.69, 9.17) is 5.73 Å². The smallest absolute Gasteiger partial charge is 0.230 e. The summed E-state index contributed by atoms with van der Waals surface area (Å²) in [6, 6.07) is 6.66. The number of nitrogens with two attached hydrogens (primary N) is 1. The second kappa shape index (κ2) is 8.92. The lowest BCUT2D eigenvalue weighted by Crippen LogP contribution is -2.20. The predicted molar refractivity (Wildman–Crippen MR) is 114 cm³/mol. The number of anilines is 2. The second-order valence-electron chi connectivity index (χ2n) is 6.56. The summed E-state index contributed by atoms with van der Waals surface area (Å²) < 4.78 is 14.0. The van der Waals surface area contributed by atoms with Crippen LogP contribution >= 0.6 is 11.8 Å². The van der Waals surface area contributed by atoms with Gasteiger partial charge < -0.3 is 16.4 Å². The Morgan fingerprint density at radius 3 is 2.87 bits per heavy atom. The summed E-state index contributed by atoms with van der Waals surface area (Å²) in [6.45, 7) is 3.55. The Morgan fingerprint density at radius 1 is 1.40 bits per heavy atom. The van der Waals surface area contributed by atoms with Gasteiger partial charge in [0.1, 0.15) is 28.3 Å². The molecule has 10 heteroatoms. The summed E-state index contributed by atoms with van der Waals surface area (Å²) in [5, 5.41) is 16.4. The average molecular weight is 425 g/mol. The molecule has 0 saturated carbocycles. The Morgan fingerprint density at radius 2 is 2.17 bits per heavy atom. The van der Waals surface area contributed by atoms with Gasteiger partial charge >= 0.3 is 0 Å². The number of thioether (sulfide) groups is 1. The van der Waals surface area contributed by atoms with E-state index in [-0.39, 0.29) is 35.0 Å². The number of pyridine rings is 1. The number of halogens is 1. The van der Waals surface area contributed by atoms with Crippen molar-refractivity contribution in [2.24, 2.45) is 0 Å². The number of aryl methyl sites for hydroxylation is 1. The molecule has 0 radical (unpaired) electrons. The van der Waals surface area contributed by atoms with Crippen molar-refractivity contribution in [2.75, 3.05) is 23.9 Å². The number of nitrogens with zero attached hydrogens (tertiary/aromatic N) is 4. The summed E-state index contributed by atoms with van der Waals surface area (Å²) in [4.78, 5) is 24.3. The van der Waals surface area contributed by atoms with Crippen molar-refractivity contribution in [3.05, 3.63) is 46.9 Å². The van der Waals surface area contributed by atoms with Crippen molar-refractivity contribution in [2.45, 2.75) is 24.9 Å². The minimum absolute atomic E-state index is 0.0423. The van der Waals surface area contributed by atoms with Gasteiger partial charge in [0, 0.05) is 23.6 Å². The molecule has 30 heavy (non-hydrogen) atoms. The van der Waals surface area contributed by atoms with Gasteiger partial charge in [0.15, 0.2) is 0 Å². The molecule has 0 aliphatic rings. The molecule has 2 heterocycles. The van der Waals surface area contributed by atoms with E-state index in [1.807, 2.05) is 19.1 Å². The maximum absolute atomic E-state index is 14.0. The number of amides is 1. The molecular weight excluding hydrogens is 405 g/mol. The normalized spacial score (nSPS) is 11.7. The van der Waals surface area contributed by atoms with Gasteiger partial charge in [-0.05, 0) is 32.0 Å². The van der Waals surface area contributed by atoms with Crippen molar-refractivity contribution in [3.8, 4) is 6.07 Å². The lowest BCUT2D eigenvalue weighted by Gasteiger charge is -2.19. The molecule has 1 amide bonds. The molecule has 3 rings (SSSR count). The standard InChI is InChI=1S/C20H20FN7OS/c1-10-15(21)5-4-12-6-14(19(27-17(10)12)30-9-16(29)24-3)11(2)26-18-13(7-22)8-25-20(23)28-18/h4-6,8,11H,9H2,1-3H3,(H,24,29)(H3,23,25,26,28)/t11-/m0/s1. The van der Waals surface area contributed by atoms with Gasteiger partial charge in [-0.3, -0.25) is 4.79 Å². The molecule has 0 saturated heterocycles. The van der Waals surface area contributed by atoms with Gasteiger partial charge in [-0.2, -0.15) is 10.2 Å². The van der Waals surface area contributed by atoms with Crippen molar-refractivity contribution < 1.29 is 9.18 Å². The van der Waals surface area contributed by atoms with Crippen molar-refractivity contribution in [1.82, 2.24) is 20.3 Å². The van der Waals surface area contributed by atoms with Crippen LogP contribution < -0.4 is 16.4 Å². The maximum Gasteiger partial charge on any atom is 0.230 e. The zero-order valence-corrected chi connectivity index (χ0v) is 17.5. The van der Waals surface area contributed by atoms with Gasteiger partial charge in [-0.1, -0.05) is 11.8 Å². The van der Waals surface area contributed by atoms with Gasteiger partial charge in [0.2, 0.25) is 11.9 Å². The molecule has 154 valence electrons. The summed E-state index contributed by atoms with van der Waals surface area (Å²) in [5.41, 5.74) is 7.67. The Labute approximate surface area is 177 Å². The van der Waals surface area contributed by atoms with Crippen LogP contribution in [0.1, 0.15) is 29.7 Å². The monoisotopic (exact) mass is 425 g/mol. The number of hydrogen-bond acceptors (Lipinski definition) is 8. The summed E-state index contributed by atoms with van der Waals surface area (Å²) in [5.74, 6) is 0.00865. The molecule has 0 bridgehead atoms. The molecule has 2 aromatic heterocycles. The molecular formula is C20H20FN7OS. The first-order valence-electron chi connectivity index (χ1n) is 9.06. The van der Waals surface area contributed by atoms with Crippen LogP contribution in [0.3, 0.4) is 0 Å². The van der Waals surface area contributed by atoms with E-state index >= 15 is 0 Å². The van der Waals surface area contributed by atoms with Gasteiger partial charge in [0.05, 0.1) is 23.5 Å². The first kappa shape index (κ1) is 21.3. The van der Waals surface area contributed by atoms with E-state index in [1.165, 1.54) is 24.0 Å². The third kappa shape index (κ3) is 4.41.